The Labute approximate surface area is 303 Å². The lowest BCUT2D eigenvalue weighted by Crippen LogP contribution is -2.11. The molecule has 52 heavy (non-hydrogen) atoms. The highest BCUT2D eigenvalue weighted by Gasteiger charge is 2.19. The number of anilines is 3. The Kier molecular flexibility index (Phi) is 7.18. The molecule has 9 aromatic carbocycles. The molecule has 244 valence electrons. The number of hydrogen-bond acceptors (Lipinski definition) is 1. The molecule has 2 heteroatoms. The van der Waals surface area contributed by atoms with Crippen LogP contribution in [-0.2, 0) is 0 Å². The SMILES string of the molecule is c1ccc(-c2ccc(N(c3ccc(-n4c5ccccc5c5ccc6ccccc6c54)cc3)c3ccccc3-c3ccc4ccccc4c3)cc2)cc1. The topological polar surface area (TPSA) is 8.17 Å². The first kappa shape index (κ1) is 30.0. The van der Waals surface area contributed by atoms with Crippen LogP contribution in [0.5, 0.6) is 0 Å². The molecule has 0 aliphatic rings. The van der Waals surface area contributed by atoms with Gasteiger partial charge in [-0.15, -0.1) is 0 Å². The van der Waals surface area contributed by atoms with Gasteiger partial charge in [0.1, 0.15) is 0 Å². The van der Waals surface area contributed by atoms with Crippen molar-refractivity contribution in [3.63, 3.8) is 0 Å². The lowest BCUT2D eigenvalue weighted by Gasteiger charge is -2.28. The fourth-order valence-corrected chi connectivity index (χ4v) is 7.88. The van der Waals surface area contributed by atoms with Crippen molar-refractivity contribution in [3.8, 4) is 27.9 Å². The minimum atomic E-state index is 1.09. The largest absolute Gasteiger partial charge is 0.310 e. The third-order valence-corrected chi connectivity index (χ3v) is 10.4. The second kappa shape index (κ2) is 12.5. The number of aromatic nitrogens is 1. The summed E-state index contributed by atoms with van der Waals surface area (Å²) < 4.78 is 2.43. The van der Waals surface area contributed by atoms with Gasteiger partial charge in [-0.05, 0) is 87.4 Å². The number of rotatable bonds is 6. The van der Waals surface area contributed by atoms with Crippen LogP contribution in [0.4, 0.5) is 17.1 Å². The Bertz CT molecular complexity index is 2880. The normalized spacial score (nSPS) is 11.5. The average Bonchev–Trinajstić information content (AvgIpc) is 3.57. The summed E-state index contributed by atoms with van der Waals surface area (Å²) in [4.78, 5) is 2.39. The van der Waals surface area contributed by atoms with E-state index in [-0.39, 0.29) is 0 Å². The van der Waals surface area contributed by atoms with Gasteiger partial charge in [0, 0.05) is 38.8 Å². The predicted octanol–water partition coefficient (Wildman–Crippen LogP) is 13.9. The van der Waals surface area contributed by atoms with E-state index in [0.717, 1.165) is 22.7 Å². The molecule has 10 aromatic rings. The summed E-state index contributed by atoms with van der Waals surface area (Å²) in [6.07, 6.45) is 0. The van der Waals surface area contributed by atoms with E-state index in [9.17, 15) is 0 Å². The molecule has 0 saturated carbocycles. The van der Waals surface area contributed by atoms with E-state index < -0.39 is 0 Å². The van der Waals surface area contributed by atoms with Crippen molar-refractivity contribution in [1.29, 1.82) is 0 Å². The Hall–Kier alpha value is -6.90. The van der Waals surface area contributed by atoms with Crippen LogP contribution >= 0.6 is 0 Å². The van der Waals surface area contributed by atoms with E-state index in [4.69, 9.17) is 0 Å². The fourth-order valence-electron chi connectivity index (χ4n) is 7.88. The minimum absolute atomic E-state index is 1.09. The van der Waals surface area contributed by atoms with Crippen LogP contribution in [0.1, 0.15) is 0 Å². The molecule has 0 fully saturated rings. The van der Waals surface area contributed by atoms with Gasteiger partial charge in [-0.3, -0.25) is 0 Å². The van der Waals surface area contributed by atoms with Crippen molar-refractivity contribution in [2.75, 3.05) is 4.90 Å². The van der Waals surface area contributed by atoms with Crippen molar-refractivity contribution in [1.82, 2.24) is 4.57 Å². The molecule has 0 bridgehead atoms. The van der Waals surface area contributed by atoms with Crippen molar-refractivity contribution in [2.24, 2.45) is 0 Å². The third kappa shape index (κ3) is 5.04. The first-order valence-electron chi connectivity index (χ1n) is 17.9. The van der Waals surface area contributed by atoms with Gasteiger partial charge in [0.2, 0.25) is 0 Å². The van der Waals surface area contributed by atoms with Crippen molar-refractivity contribution in [2.45, 2.75) is 0 Å². The van der Waals surface area contributed by atoms with Crippen LogP contribution in [-0.4, -0.2) is 4.57 Å². The van der Waals surface area contributed by atoms with E-state index in [1.54, 1.807) is 0 Å². The summed E-state index contributed by atoms with van der Waals surface area (Å²) in [6.45, 7) is 0. The first-order chi connectivity index (χ1) is 25.8. The van der Waals surface area contributed by atoms with Gasteiger partial charge >= 0.3 is 0 Å². The Balaban J connectivity index is 1.15. The van der Waals surface area contributed by atoms with Gasteiger partial charge in [0.05, 0.1) is 16.7 Å². The quantitative estimate of drug-likeness (QED) is 0.172. The maximum Gasteiger partial charge on any atom is 0.0619 e. The zero-order chi connectivity index (χ0) is 34.4. The number of hydrogen-bond donors (Lipinski definition) is 0. The van der Waals surface area contributed by atoms with E-state index >= 15 is 0 Å². The van der Waals surface area contributed by atoms with Crippen LogP contribution in [0.2, 0.25) is 0 Å². The number of para-hydroxylation sites is 2. The predicted molar refractivity (Wildman–Crippen MR) is 221 cm³/mol. The van der Waals surface area contributed by atoms with E-state index in [1.807, 2.05) is 0 Å². The summed E-state index contributed by atoms with van der Waals surface area (Å²) >= 11 is 0. The highest BCUT2D eigenvalue weighted by atomic mass is 15.1. The Morgan fingerprint density at radius 2 is 0.923 bits per heavy atom. The molecule has 0 atom stereocenters. The standard InChI is InChI=1S/C50H34N2/c1-2-12-35(13-3-1)37-24-27-41(28-25-37)51(48-20-10-8-17-44(48)40-23-22-36-14-4-5-16-39(36)34-40)42-29-31-43(32-30-42)52-49-21-11-9-19-46(49)47-33-26-38-15-6-7-18-45(38)50(47)52/h1-34H. The molecule has 0 amide bonds. The number of nitrogens with zero attached hydrogens (tertiary/aromatic N) is 2. The van der Waals surface area contributed by atoms with Crippen LogP contribution in [0.15, 0.2) is 206 Å². The molecule has 0 N–H and O–H groups in total. The molecule has 1 heterocycles. The van der Waals surface area contributed by atoms with Crippen LogP contribution < -0.4 is 4.90 Å². The van der Waals surface area contributed by atoms with Gasteiger partial charge < -0.3 is 9.47 Å². The summed E-state index contributed by atoms with van der Waals surface area (Å²) in [5.41, 5.74) is 11.7. The second-order valence-electron chi connectivity index (χ2n) is 13.4. The Morgan fingerprint density at radius 1 is 0.346 bits per heavy atom. The highest BCUT2D eigenvalue weighted by Crippen LogP contribution is 2.43. The molecule has 0 radical (unpaired) electrons. The molecular formula is C50H34N2. The Morgan fingerprint density at radius 3 is 1.73 bits per heavy atom. The maximum absolute atomic E-state index is 2.43. The van der Waals surface area contributed by atoms with Crippen LogP contribution in [0.3, 0.4) is 0 Å². The molecule has 0 spiro atoms. The zero-order valence-corrected chi connectivity index (χ0v) is 28.5. The molecule has 10 rings (SSSR count). The molecule has 0 aliphatic carbocycles. The van der Waals surface area contributed by atoms with Gasteiger partial charge in [-0.2, -0.15) is 0 Å². The highest BCUT2D eigenvalue weighted by molar-refractivity contribution is 6.18. The van der Waals surface area contributed by atoms with Crippen LogP contribution in [0.25, 0.3) is 71.3 Å². The first-order valence-corrected chi connectivity index (χ1v) is 17.9. The molecule has 0 unspecified atom stereocenters. The van der Waals surface area contributed by atoms with Crippen molar-refractivity contribution in [3.05, 3.63) is 206 Å². The maximum atomic E-state index is 2.43. The average molecular weight is 663 g/mol. The summed E-state index contributed by atoms with van der Waals surface area (Å²) in [5, 5.41) is 7.50. The van der Waals surface area contributed by atoms with Crippen molar-refractivity contribution >= 4 is 60.4 Å². The smallest absolute Gasteiger partial charge is 0.0619 e. The van der Waals surface area contributed by atoms with Crippen LogP contribution in [0, 0.1) is 0 Å². The van der Waals surface area contributed by atoms with Crippen molar-refractivity contribution < 1.29 is 0 Å². The van der Waals surface area contributed by atoms with E-state index in [2.05, 4.69) is 216 Å². The molecule has 1 aromatic heterocycles. The summed E-state index contributed by atoms with van der Waals surface area (Å²) in [6, 6.07) is 74.7. The fraction of sp³-hybridized carbons (Fsp3) is 0. The molecular weight excluding hydrogens is 629 g/mol. The number of fused-ring (bicyclic) bond motifs is 6. The number of benzene rings is 9. The van der Waals surface area contributed by atoms with Gasteiger partial charge in [-0.1, -0.05) is 152 Å². The lowest BCUT2D eigenvalue weighted by atomic mass is 9.98. The second-order valence-corrected chi connectivity index (χ2v) is 13.4. The van der Waals surface area contributed by atoms with E-state index in [0.29, 0.717) is 0 Å². The summed E-state index contributed by atoms with van der Waals surface area (Å²) in [5.74, 6) is 0. The van der Waals surface area contributed by atoms with Gasteiger partial charge in [0.15, 0.2) is 0 Å². The molecule has 0 aliphatic heterocycles. The third-order valence-electron chi connectivity index (χ3n) is 10.4. The lowest BCUT2D eigenvalue weighted by molar-refractivity contribution is 1.18. The monoisotopic (exact) mass is 662 g/mol. The minimum Gasteiger partial charge on any atom is -0.310 e. The molecule has 0 saturated heterocycles. The van der Waals surface area contributed by atoms with E-state index in [1.165, 1.54) is 65.6 Å². The zero-order valence-electron chi connectivity index (χ0n) is 28.5. The summed E-state index contributed by atoms with van der Waals surface area (Å²) in [7, 11) is 0. The molecule has 2 nitrogen and oxygen atoms in total. The van der Waals surface area contributed by atoms with Gasteiger partial charge in [-0.25, -0.2) is 0 Å². The van der Waals surface area contributed by atoms with Gasteiger partial charge in [0.25, 0.3) is 0 Å².